The molecule has 0 spiro atoms. The molecular formula is C30H38F6N2O4S2. The largest absolute Gasteiger partial charge is 0.501 e. The molecule has 0 bridgehead atoms. The number of benzene rings is 2. The molecule has 0 aromatic heterocycles. The van der Waals surface area contributed by atoms with Crippen molar-refractivity contribution in [1.29, 1.82) is 0 Å². The van der Waals surface area contributed by atoms with Crippen LogP contribution < -0.4 is 0 Å². The van der Waals surface area contributed by atoms with Gasteiger partial charge < -0.3 is 4.90 Å². The van der Waals surface area contributed by atoms with E-state index in [0.29, 0.717) is 17.5 Å². The lowest BCUT2D eigenvalue weighted by atomic mass is 9.89. The number of halogens is 6. The Balaban J connectivity index is 0.000000240. The predicted molar refractivity (Wildman–Crippen MR) is 157 cm³/mol. The lowest BCUT2D eigenvalue weighted by molar-refractivity contribution is -0.0442. The normalized spacial score (nSPS) is 18.0. The van der Waals surface area contributed by atoms with Gasteiger partial charge in [0.15, 0.2) is 0 Å². The van der Waals surface area contributed by atoms with E-state index in [-0.39, 0.29) is 5.92 Å². The first-order valence-corrected chi connectivity index (χ1v) is 17.4. The van der Waals surface area contributed by atoms with Gasteiger partial charge in [-0.25, -0.2) is 16.8 Å². The molecule has 0 saturated carbocycles. The second-order valence-corrected chi connectivity index (χ2v) is 14.8. The molecule has 0 aliphatic carbocycles. The third-order valence-electron chi connectivity index (χ3n) is 7.72. The first-order chi connectivity index (χ1) is 20.5. The van der Waals surface area contributed by atoms with Crippen LogP contribution in [0.2, 0.25) is 0 Å². The molecule has 1 fully saturated rings. The Bertz CT molecular complexity index is 1500. The zero-order valence-electron chi connectivity index (χ0n) is 24.7. The minimum atomic E-state index is -5.29. The van der Waals surface area contributed by atoms with Crippen molar-refractivity contribution in [2.75, 3.05) is 39.3 Å². The van der Waals surface area contributed by atoms with Crippen molar-refractivity contribution in [3.05, 3.63) is 65.7 Å². The average Bonchev–Trinajstić information content (AvgIpc) is 2.98. The number of likely N-dealkylation sites (tertiary alicyclic amines) is 1. The Hall–Kier alpha value is -2.42. The van der Waals surface area contributed by atoms with E-state index in [0.717, 1.165) is 88.7 Å². The van der Waals surface area contributed by atoms with Crippen molar-refractivity contribution < 1.29 is 43.2 Å². The third-order valence-corrected chi connectivity index (χ3v) is 10.7. The summed E-state index contributed by atoms with van der Waals surface area (Å²) in [5.74, 6) is 0.122. The van der Waals surface area contributed by atoms with E-state index < -0.39 is 40.5 Å². The number of piperidine rings is 1. The summed E-state index contributed by atoms with van der Waals surface area (Å²) in [5, 5.41) is 0. The van der Waals surface area contributed by atoms with Crippen LogP contribution in [0.25, 0.3) is 5.57 Å². The number of hydrogen-bond donors (Lipinski definition) is 0. The fraction of sp³-hybridized carbons (Fsp3) is 0.533. The van der Waals surface area contributed by atoms with Crippen molar-refractivity contribution in [3.8, 4) is 0 Å². The van der Waals surface area contributed by atoms with E-state index in [2.05, 4.69) is 23.6 Å². The molecule has 2 aromatic rings. The molecule has 0 N–H and O–H groups in total. The van der Waals surface area contributed by atoms with E-state index in [4.69, 9.17) is 0 Å². The molecule has 6 nitrogen and oxygen atoms in total. The van der Waals surface area contributed by atoms with Crippen molar-refractivity contribution in [3.63, 3.8) is 0 Å². The van der Waals surface area contributed by atoms with Gasteiger partial charge in [0, 0.05) is 13.1 Å². The average molecular weight is 669 g/mol. The number of rotatable bonds is 8. The van der Waals surface area contributed by atoms with Gasteiger partial charge in [0.05, 0.1) is 9.79 Å². The quantitative estimate of drug-likeness (QED) is 0.281. The Kier molecular flexibility index (Phi) is 12.1. The molecule has 2 heterocycles. The van der Waals surface area contributed by atoms with Crippen LogP contribution in [0.15, 0.2) is 64.4 Å². The molecule has 1 saturated heterocycles. The van der Waals surface area contributed by atoms with E-state index >= 15 is 0 Å². The molecule has 2 aliphatic heterocycles. The SMILES string of the molecule is CCCN1CC=C(c2cccc(S(=O)(=O)C(F)(F)F)c2)CC1.CCCN1CCC(c2cccc(S(=O)(=O)C(F)(F)F)c2)CC1. The zero-order valence-corrected chi connectivity index (χ0v) is 26.3. The first kappa shape index (κ1) is 36.1. The van der Waals surface area contributed by atoms with Gasteiger partial charge in [-0.15, -0.1) is 0 Å². The van der Waals surface area contributed by atoms with E-state index in [1.807, 2.05) is 6.08 Å². The summed E-state index contributed by atoms with van der Waals surface area (Å²) in [6, 6.07) is 10.4. The highest BCUT2D eigenvalue weighted by molar-refractivity contribution is 7.92. The zero-order chi connectivity index (χ0) is 32.8. The highest BCUT2D eigenvalue weighted by Crippen LogP contribution is 2.35. The summed E-state index contributed by atoms with van der Waals surface area (Å²) in [4.78, 5) is 3.22. The maximum atomic E-state index is 12.6. The second-order valence-electron chi connectivity index (χ2n) is 10.9. The number of alkyl halides is 6. The maximum Gasteiger partial charge on any atom is 0.501 e. The lowest BCUT2D eigenvalue weighted by Gasteiger charge is -2.32. The summed E-state index contributed by atoms with van der Waals surface area (Å²) in [7, 11) is -10.6. The van der Waals surface area contributed by atoms with Gasteiger partial charge in [-0.1, -0.05) is 44.2 Å². The van der Waals surface area contributed by atoms with Crippen LogP contribution in [0, 0.1) is 0 Å². The molecule has 44 heavy (non-hydrogen) atoms. The summed E-state index contributed by atoms with van der Waals surface area (Å²) in [6.07, 6.45) is 6.46. The molecule has 2 aromatic carbocycles. The summed E-state index contributed by atoms with van der Waals surface area (Å²) in [6.45, 7) is 9.56. The maximum absolute atomic E-state index is 12.6. The Morgan fingerprint density at radius 3 is 1.75 bits per heavy atom. The minimum Gasteiger partial charge on any atom is -0.303 e. The molecule has 0 radical (unpaired) electrons. The minimum absolute atomic E-state index is 0.122. The third kappa shape index (κ3) is 8.85. The molecule has 0 unspecified atom stereocenters. The molecule has 0 amide bonds. The fourth-order valence-corrected chi connectivity index (χ4v) is 6.99. The van der Waals surface area contributed by atoms with Gasteiger partial charge in [0.2, 0.25) is 0 Å². The summed E-state index contributed by atoms with van der Waals surface area (Å²) >= 11 is 0. The van der Waals surface area contributed by atoms with Gasteiger partial charge in [0.1, 0.15) is 0 Å². The molecular weight excluding hydrogens is 630 g/mol. The lowest BCUT2D eigenvalue weighted by Crippen LogP contribution is -2.33. The van der Waals surface area contributed by atoms with Gasteiger partial charge in [-0.3, -0.25) is 4.90 Å². The van der Waals surface area contributed by atoms with E-state index in [1.165, 1.54) is 18.2 Å². The van der Waals surface area contributed by atoms with Gasteiger partial charge in [-0.05, 0) is 105 Å². The van der Waals surface area contributed by atoms with Gasteiger partial charge in [0.25, 0.3) is 19.7 Å². The van der Waals surface area contributed by atoms with Crippen molar-refractivity contribution in [2.45, 2.75) is 72.7 Å². The molecule has 2 aliphatic rings. The number of hydrogen-bond acceptors (Lipinski definition) is 6. The van der Waals surface area contributed by atoms with Crippen LogP contribution >= 0.6 is 0 Å². The monoisotopic (exact) mass is 668 g/mol. The van der Waals surface area contributed by atoms with Crippen LogP contribution in [0.5, 0.6) is 0 Å². The summed E-state index contributed by atoms with van der Waals surface area (Å²) in [5.41, 5.74) is -8.41. The van der Waals surface area contributed by atoms with Crippen LogP contribution in [0.4, 0.5) is 26.3 Å². The topological polar surface area (TPSA) is 74.8 Å². The number of sulfone groups is 2. The smallest absolute Gasteiger partial charge is 0.303 e. The van der Waals surface area contributed by atoms with Gasteiger partial charge in [-0.2, -0.15) is 26.3 Å². The molecule has 246 valence electrons. The van der Waals surface area contributed by atoms with Gasteiger partial charge >= 0.3 is 11.0 Å². The van der Waals surface area contributed by atoms with Crippen molar-refractivity contribution in [1.82, 2.24) is 9.80 Å². The Labute approximate surface area is 255 Å². The highest BCUT2D eigenvalue weighted by Gasteiger charge is 2.47. The standard InChI is InChI=1S/C15H20F3NO2S.C15H18F3NO2S/c2*1-2-8-19-9-6-12(7-10-19)13-4-3-5-14(11-13)22(20,21)15(16,17)18/h3-5,11-12H,2,6-10H2,1H3;3-6,11H,2,7-10H2,1H3. The van der Waals surface area contributed by atoms with Crippen LogP contribution in [0.3, 0.4) is 0 Å². The van der Waals surface area contributed by atoms with Crippen molar-refractivity contribution >= 4 is 25.2 Å². The number of nitrogens with zero attached hydrogens (tertiary/aromatic N) is 2. The molecule has 0 atom stereocenters. The second kappa shape index (κ2) is 14.8. The molecule has 14 heteroatoms. The Morgan fingerprint density at radius 2 is 1.25 bits per heavy atom. The van der Waals surface area contributed by atoms with Crippen LogP contribution in [-0.4, -0.2) is 76.9 Å². The van der Waals surface area contributed by atoms with E-state index in [9.17, 15) is 43.2 Å². The predicted octanol–water partition coefficient (Wildman–Crippen LogP) is 7.05. The summed E-state index contributed by atoms with van der Waals surface area (Å²) < 4.78 is 122. The van der Waals surface area contributed by atoms with Crippen molar-refractivity contribution in [2.24, 2.45) is 0 Å². The Morgan fingerprint density at radius 1 is 0.727 bits per heavy atom. The van der Waals surface area contributed by atoms with Crippen LogP contribution in [0.1, 0.15) is 63.0 Å². The van der Waals surface area contributed by atoms with Crippen LogP contribution in [-0.2, 0) is 19.7 Å². The fourth-order valence-electron chi connectivity index (χ4n) is 5.36. The highest BCUT2D eigenvalue weighted by atomic mass is 32.2. The molecule has 4 rings (SSSR count). The first-order valence-electron chi connectivity index (χ1n) is 14.5. The van der Waals surface area contributed by atoms with E-state index in [1.54, 1.807) is 12.1 Å².